The molecule has 2 heterocycles. The van der Waals surface area contributed by atoms with Crippen molar-refractivity contribution in [2.24, 2.45) is 5.73 Å². The standard InChI is InChI=1S/C11H16N2O2S/c12-8-3-5-13(6-4-8)7-9-1-2-10(16-9)11(14)15/h1-2,8H,3-7,12H2,(H,14,15). The monoisotopic (exact) mass is 240 g/mol. The molecule has 0 radical (unpaired) electrons. The molecule has 0 bridgehead atoms. The Kier molecular flexibility index (Phi) is 3.58. The lowest BCUT2D eigenvalue weighted by Gasteiger charge is -2.29. The molecule has 88 valence electrons. The van der Waals surface area contributed by atoms with E-state index < -0.39 is 5.97 Å². The highest BCUT2D eigenvalue weighted by Crippen LogP contribution is 2.20. The zero-order valence-electron chi connectivity index (χ0n) is 9.06. The second-order valence-corrected chi connectivity index (χ2v) is 5.35. The van der Waals surface area contributed by atoms with Gasteiger partial charge in [0.25, 0.3) is 0 Å². The molecule has 3 N–H and O–H groups in total. The van der Waals surface area contributed by atoms with Gasteiger partial charge in [-0.25, -0.2) is 4.79 Å². The van der Waals surface area contributed by atoms with Crippen molar-refractivity contribution in [3.63, 3.8) is 0 Å². The molecule has 1 aromatic heterocycles. The van der Waals surface area contributed by atoms with Crippen molar-refractivity contribution in [1.82, 2.24) is 4.90 Å². The molecule has 4 nitrogen and oxygen atoms in total. The predicted octanol–water partition coefficient (Wildman–Crippen LogP) is 1.37. The van der Waals surface area contributed by atoms with Crippen LogP contribution < -0.4 is 5.73 Å². The van der Waals surface area contributed by atoms with Gasteiger partial charge in [0.05, 0.1) is 0 Å². The van der Waals surface area contributed by atoms with Crippen molar-refractivity contribution in [1.29, 1.82) is 0 Å². The van der Waals surface area contributed by atoms with E-state index in [2.05, 4.69) is 4.90 Å². The first-order valence-electron chi connectivity index (χ1n) is 5.45. The number of thiophene rings is 1. The van der Waals surface area contributed by atoms with Crippen LogP contribution in [0.1, 0.15) is 27.4 Å². The van der Waals surface area contributed by atoms with Gasteiger partial charge in [-0.05, 0) is 38.1 Å². The predicted molar refractivity (Wildman–Crippen MR) is 63.8 cm³/mol. The molecule has 16 heavy (non-hydrogen) atoms. The lowest BCUT2D eigenvalue weighted by Crippen LogP contribution is -2.39. The largest absolute Gasteiger partial charge is 0.477 e. The highest BCUT2D eigenvalue weighted by atomic mass is 32.1. The van der Waals surface area contributed by atoms with Gasteiger partial charge < -0.3 is 10.8 Å². The van der Waals surface area contributed by atoms with E-state index in [-0.39, 0.29) is 0 Å². The zero-order chi connectivity index (χ0) is 11.5. The lowest BCUT2D eigenvalue weighted by molar-refractivity contribution is 0.0702. The number of rotatable bonds is 3. The van der Waals surface area contributed by atoms with Crippen LogP contribution in [0.3, 0.4) is 0 Å². The first-order chi connectivity index (χ1) is 7.65. The Morgan fingerprint density at radius 1 is 1.50 bits per heavy atom. The summed E-state index contributed by atoms with van der Waals surface area (Å²) in [5.74, 6) is -0.836. The van der Waals surface area contributed by atoms with Gasteiger partial charge in [-0.1, -0.05) is 0 Å². The maximum absolute atomic E-state index is 10.7. The quantitative estimate of drug-likeness (QED) is 0.837. The third-order valence-corrected chi connectivity index (χ3v) is 3.94. The van der Waals surface area contributed by atoms with E-state index in [0.29, 0.717) is 10.9 Å². The van der Waals surface area contributed by atoms with Gasteiger partial charge in [0.1, 0.15) is 4.88 Å². The van der Waals surface area contributed by atoms with Crippen LogP contribution >= 0.6 is 11.3 Å². The average molecular weight is 240 g/mol. The molecule has 0 atom stereocenters. The number of hydrogen-bond acceptors (Lipinski definition) is 4. The summed E-state index contributed by atoms with van der Waals surface area (Å²) in [5, 5.41) is 8.82. The van der Waals surface area contributed by atoms with Crippen molar-refractivity contribution in [3.8, 4) is 0 Å². The fourth-order valence-electron chi connectivity index (χ4n) is 1.91. The van der Waals surface area contributed by atoms with Crippen LogP contribution in [-0.4, -0.2) is 35.1 Å². The van der Waals surface area contributed by atoms with E-state index in [1.165, 1.54) is 11.3 Å². The van der Waals surface area contributed by atoms with E-state index in [9.17, 15) is 4.79 Å². The Morgan fingerprint density at radius 2 is 2.19 bits per heavy atom. The Hall–Kier alpha value is -0.910. The minimum absolute atomic E-state index is 0.342. The topological polar surface area (TPSA) is 66.6 Å². The molecule has 0 saturated carbocycles. The van der Waals surface area contributed by atoms with E-state index in [4.69, 9.17) is 10.8 Å². The van der Waals surface area contributed by atoms with E-state index in [1.54, 1.807) is 6.07 Å². The highest BCUT2D eigenvalue weighted by Gasteiger charge is 2.17. The van der Waals surface area contributed by atoms with Crippen LogP contribution in [0.15, 0.2) is 12.1 Å². The number of nitrogens with zero attached hydrogens (tertiary/aromatic N) is 1. The molecule has 1 fully saturated rings. The van der Waals surface area contributed by atoms with Gasteiger partial charge in [-0.2, -0.15) is 0 Å². The number of hydrogen-bond donors (Lipinski definition) is 2. The first-order valence-corrected chi connectivity index (χ1v) is 6.27. The molecule has 1 aliphatic rings. The Bertz CT molecular complexity index is 370. The van der Waals surface area contributed by atoms with Gasteiger partial charge in [0.15, 0.2) is 0 Å². The summed E-state index contributed by atoms with van der Waals surface area (Å²) in [6.45, 7) is 2.88. The Morgan fingerprint density at radius 3 is 2.75 bits per heavy atom. The summed E-state index contributed by atoms with van der Waals surface area (Å²) in [4.78, 5) is 14.6. The number of carbonyl (C=O) groups is 1. The number of carboxylic acids is 1. The van der Waals surface area contributed by atoms with Crippen LogP contribution in [0.25, 0.3) is 0 Å². The SMILES string of the molecule is NC1CCN(Cc2ccc(C(=O)O)s2)CC1. The fourth-order valence-corrected chi connectivity index (χ4v) is 2.80. The van der Waals surface area contributed by atoms with E-state index in [1.807, 2.05) is 6.07 Å². The highest BCUT2D eigenvalue weighted by molar-refractivity contribution is 7.13. The number of piperidine rings is 1. The Balaban J connectivity index is 1.91. The lowest BCUT2D eigenvalue weighted by atomic mass is 10.1. The molecule has 0 spiro atoms. The summed E-state index contributed by atoms with van der Waals surface area (Å²) in [6, 6.07) is 3.93. The van der Waals surface area contributed by atoms with Crippen LogP contribution in [0.4, 0.5) is 0 Å². The molecule has 1 aromatic rings. The van der Waals surface area contributed by atoms with Gasteiger partial charge in [-0.15, -0.1) is 11.3 Å². The number of likely N-dealkylation sites (tertiary alicyclic amines) is 1. The normalized spacial score (nSPS) is 18.8. The molecule has 0 unspecified atom stereocenters. The van der Waals surface area contributed by atoms with Crippen molar-refractivity contribution in [2.75, 3.05) is 13.1 Å². The average Bonchev–Trinajstić information content (AvgIpc) is 2.70. The van der Waals surface area contributed by atoms with Crippen molar-refractivity contribution < 1.29 is 9.90 Å². The second kappa shape index (κ2) is 4.95. The molecule has 0 aromatic carbocycles. The van der Waals surface area contributed by atoms with Crippen molar-refractivity contribution in [3.05, 3.63) is 21.9 Å². The van der Waals surface area contributed by atoms with E-state index >= 15 is 0 Å². The van der Waals surface area contributed by atoms with Crippen LogP contribution in [0.2, 0.25) is 0 Å². The fraction of sp³-hybridized carbons (Fsp3) is 0.545. The minimum Gasteiger partial charge on any atom is -0.477 e. The van der Waals surface area contributed by atoms with Crippen molar-refractivity contribution >= 4 is 17.3 Å². The molecular weight excluding hydrogens is 224 g/mol. The van der Waals surface area contributed by atoms with Crippen LogP contribution in [0.5, 0.6) is 0 Å². The maximum Gasteiger partial charge on any atom is 0.345 e. The Labute approximate surface area is 98.7 Å². The molecule has 0 amide bonds. The third kappa shape index (κ3) is 2.81. The van der Waals surface area contributed by atoms with Crippen LogP contribution in [-0.2, 0) is 6.54 Å². The van der Waals surface area contributed by atoms with Crippen LogP contribution in [0, 0.1) is 0 Å². The molecule has 5 heteroatoms. The summed E-state index contributed by atoms with van der Waals surface area (Å²) in [7, 11) is 0. The number of aromatic carboxylic acids is 1. The summed E-state index contributed by atoms with van der Waals surface area (Å²) < 4.78 is 0. The zero-order valence-corrected chi connectivity index (χ0v) is 9.87. The van der Waals surface area contributed by atoms with Crippen molar-refractivity contribution in [2.45, 2.75) is 25.4 Å². The second-order valence-electron chi connectivity index (χ2n) is 4.18. The van der Waals surface area contributed by atoms with E-state index in [0.717, 1.165) is 37.4 Å². The maximum atomic E-state index is 10.7. The third-order valence-electron chi connectivity index (χ3n) is 2.88. The summed E-state index contributed by atoms with van der Waals surface area (Å²) in [6.07, 6.45) is 2.08. The molecule has 2 rings (SSSR count). The molecule has 0 aliphatic carbocycles. The van der Waals surface area contributed by atoms with Gasteiger partial charge in [0, 0.05) is 17.5 Å². The molecule has 1 saturated heterocycles. The number of carboxylic acid groups (broad SMARTS) is 1. The first kappa shape index (κ1) is 11.6. The minimum atomic E-state index is -0.836. The molecule has 1 aliphatic heterocycles. The molecular formula is C11H16N2O2S. The summed E-state index contributed by atoms with van der Waals surface area (Å²) >= 11 is 1.36. The van der Waals surface area contributed by atoms with Gasteiger partial charge in [0.2, 0.25) is 0 Å². The number of nitrogens with two attached hydrogens (primary N) is 1. The van der Waals surface area contributed by atoms with Gasteiger partial charge >= 0.3 is 5.97 Å². The van der Waals surface area contributed by atoms with Gasteiger partial charge in [-0.3, -0.25) is 4.90 Å². The smallest absolute Gasteiger partial charge is 0.345 e. The summed E-state index contributed by atoms with van der Waals surface area (Å²) in [5.41, 5.74) is 5.83.